The number of allylic oxidation sites excluding steroid dienone is 3. The number of benzene rings is 1. The molecule has 6 atom stereocenters. The van der Waals surface area contributed by atoms with Gasteiger partial charge in [-0.1, -0.05) is 61.6 Å². The van der Waals surface area contributed by atoms with Gasteiger partial charge in [0.25, 0.3) is 0 Å². The van der Waals surface area contributed by atoms with Gasteiger partial charge in [-0.25, -0.2) is 0 Å². The van der Waals surface area contributed by atoms with Crippen molar-refractivity contribution in [2.45, 2.75) is 51.9 Å². The van der Waals surface area contributed by atoms with E-state index in [1.807, 2.05) is 6.07 Å². The number of ether oxygens (including phenoxy) is 1. The highest BCUT2D eigenvalue weighted by Gasteiger charge is 2.85. The molecule has 4 nitrogen and oxygen atoms in total. The number of amides is 1. The number of fused-ring (bicyclic) bond motifs is 1. The molecule has 3 fully saturated rings. The fourth-order valence-corrected chi connectivity index (χ4v) is 7.11. The van der Waals surface area contributed by atoms with Crippen LogP contribution >= 0.6 is 0 Å². The summed E-state index contributed by atoms with van der Waals surface area (Å²) in [7, 11) is 0. The molecule has 0 unspecified atom stereocenters. The predicted molar refractivity (Wildman–Crippen MR) is 119 cm³/mol. The second kappa shape index (κ2) is 7.65. The molecule has 30 heavy (non-hydrogen) atoms. The van der Waals surface area contributed by atoms with Gasteiger partial charge in [-0.15, -0.1) is 0 Å². The fourth-order valence-electron chi connectivity index (χ4n) is 7.11. The zero-order chi connectivity index (χ0) is 20.8. The Morgan fingerprint density at radius 2 is 1.97 bits per heavy atom. The lowest BCUT2D eigenvalue weighted by atomic mass is 9.84. The van der Waals surface area contributed by atoms with E-state index in [-0.39, 0.29) is 34.8 Å². The van der Waals surface area contributed by atoms with Crippen molar-refractivity contribution in [1.82, 2.24) is 10.2 Å². The molecule has 1 N–H and O–H groups in total. The van der Waals surface area contributed by atoms with Crippen molar-refractivity contribution >= 4 is 5.91 Å². The molecule has 1 spiro atoms. The monoisotopic (exact) mass is 406 g/mol. The summed E-state index contributed by atoms with van der Waals surface area (Å²) in [4.78, 5) is 14.8. The van der Waals surface area contributed by atoms with Gasteiger partial charge < -0.3 is 15.0 Å². The number of rotatable bonds is 7. The summed E-state index contributed by atoms with van der Waals surface area (Å²) in [6.45, 7) is 8.11. The number of carbonyl (C=O) groups is 1. The van der Waals surface area contributed by atoms with E-state index in [0.29, 0.717) is 12.5 Å². The van der Waals surface area contributed by atoms with Gasteiger partial charge in [0.1, 0.15) is 0 Å². The van der Waals surface area contributed by atoms with Gasteiger partial charge in [0.2, 0.25) is 5.91 Å². The molecule has 1 aliphatic heterocycles. The number of carbonyl (C=O) groups excluding carboxylic acids is 1. The van der Waals surface area contributed by atoms with E-state index in [0.717, 1.165) is 13.0 Å². The molecule has 160 valence electrons. The fraction of sp³-hybridized carbons (Fsp3) is 0.577. The molecule has 4 aliphatic rings. The Kier molecular flexibility index (Phi) is 5.11. The smallest absolute Gasteiger partial charge is 0.217 e. The summed E-state index contributed by atoms with van der Waals surface area (Å²) < 4.78 is 6.67. The minimum Gasteiger partial charge on any atom is -0.372 e. The first-order valence-corrected chi connectivity index (χ1v) is 11.6. The predicted octanol–water partition coefficient (Wildman–Crippen LogP) is 3.94. The molecule has 1 aromatic rings. The van der Waals surface area contributed by atoms with Crippen LogP contribution in [0.1, 0.15) is 38.7 Å². The largest absolute Gasteiger partial charge is 0.372 e. The lowest BCUT2D eigenvalue weighted by Crippen LogP contribution is -2.46. The van der Waals surface area contributed by atoms with Gasteiger partial charge in [-0.05, 0) is 50.4 Å². The Bertz CT molecular complexity index is 844. The van der Waals surface area contributed by atoms with Crippen LogP contribution in [0.5, 0.6) is 0 Å². The second-order valence-corrected chi connectivity index (χ2v) is 9.75. The van der Waals surface area contributed by atoms with E-state index in [4.69, 9.17) is 4.74 Å². The Hall–Kier alpha value is -1.91. The molecule has 0 radical (unpaired) electrons. The third-order valence-corrected chi connectivity index (χ3v) is 8.28. The first-order valence-electron chi connectivity index (χ1n) is 11.6. The molecular formula is C26H34N2O2. The van der Waals surface area contributed by atoms with Crippen molar-refractivity contribution in [3.63, 3.8) is 0 Å². The van der Waals surface area contributed by atoms with Gasteiger partial charge in [-0.2, -0.15) is 0 Å². The highest BCUT2D eigenvalue weighted by molar-refractivity contribution is 5.74. The Morgan fingerprint density at radius 1 is 1.20 bits per heavy atom. The minimum absolute atomic E-state index is 0.00277. The van der Waals surface area contributed by atoms with Gasteiger partial charge in [0, 0.05) is 29.7 Å². The quantitative estimate of drug-likeness (QED) is 0.746. The van der Waals surface area contributed by atoms with E-state index in [1.54, 1.807) is 6.92 Å². The summed E-state index contributed by atoms with van der Waals surface area (Å²) >= 11 is 0. The van der Waals surface area contributed by atoms with Crippen LogP contribution in [0.4, 0.5) is 0 Å². The van der Waals surface area contributed by atoms with Crippen LogP contribution < -0.4 is 5.32 Å². The molecule has 2 saturated carbocycles. The second-order valence-electron chi connectivity index (χ2n) is 9.75. The first kappa shape index (κ1) is 20.0. The third-order valence-electron chi connectivity index (χ3n) is 8.28. The summed E-state index contributed by atoms with van der Waals surface area (Å²) in [5, 5.41) is 3.37. The maximum atomic E-state index is 12.2. The Morgan fingerprint density at radius 3 is 2.70 bits per heavy atom. The van der Waals surface area contributed by atoms with E-state index in [2.05, 4.69) is 65.7 Å². The number of likely N-dealkylation sites (tertiary alicyclic amines) is 1. The van der Waals surface area contributed by atoms with Crippen molar-refractivity contribution < 1.29 is 9.53 Å². The maximum Gasteiger partial charge on any atom is 0.217 e. The standard InChI is InChI=1S/C26H34N2O2/c1-19-23(27-20(2)29)25(14-17-28-15-8-9-16-28)22-12-6-7-13-26(22,25)24(19)30-18-21-10-4-3-5-11-21/h3-7,10-13,19,22-24H,8-9,14-18H2,1-2H3,(H,27,29)/t19-,22+,23-,24+,25-,26+/m1/s1. The third kappa shape index (κ3) is 2.91. The van der Waals surface area contributed by atoms with Crippen molar-refractivity contribution in [3.8, 4) is 0 Å². The lowest BCUT2D eigenvalue weighted by molar-refractivity contribution is -0.120. The van der Waals surface area contributed by atoms with Crippen molar-refractivity contribution in [3.05, 3.63) is 60.2 Å². The molecule has 1 aromatic carbocycles. The van der Waals surface area contributed by atoms with Crippen LogP contribution in [0.3, 0.4) is 0 Å². The van der Waals surface area contributed by atoms with Crippen molar-refractivity contribution in [2.24, 2.45) is 22.7 Å². The summed E-state index contributed by atoms with van der Waals surface area (Å²) in [5.74, 6) is 0.804. The summed E-state index contributed by atoms with van der Waals surface area (Å²) in [6.07, 6.45) is 13.0. The van der Waals surface area contributed by atoms with Gasteiger partial charge in [0.15, 0.2) is 0 Å². The summed E-state index contributed by atoms with van der Waals surface area (Å²) in [5.41, 5.74) is 1.27. The van der Waals surface area contributed by atoms with Crippen molar-refractivity contribution in [2.75, 3.05) is 19.6 Å². The molecule has 5 rings (SSSR count). The SMILES string of the molecule is CC(=O)N[C@@H]1[C@@H](C)[C@H](OCc2ccccc2)[C@]23C=CC=C[C@H]2[C@]13CCN1CCCC1. The van der Waals surface area contributed by atoms with Crippen LogP contribution in [-0.2, 0) is 16.1 Å². The van der Waals surface area contributed by atoms with E-state index < -0.39 is 0 Å². The molecule has 3 aliphatic carbocycles. The van der Waals surface area contributed by atoms with Gasteiger partial charge in [-0.3, -0.25) is 4.79 Å². The van der Waals surface area contributed by atoms with Crippen LogP contribution in [0.25, 0.3) is 0 Å². The normalized spacial score (nSPS) is 39.0. The van der Waals surface area contributed by atoms with E-state index in [9.17, 15) is 4.79 Å². The maximum absolute atomic E-state index is 12.2. The number of hydrogen-bond acceptors (Lipinski definition) is 3. The number of nitrogens with one attached hydrogen (secondary N) is 1. The average molecular weight is 407 g/mol. The lowest BCUT2D eigenvalue weighted by Gasteiger charge is -2.33. The van der Waals surface area contributed by atoms with Crippen LogP contribution in [0.15, 0.2) is 54.6 Å². The zero-order valence-corrected chi connectivity index (χ0v) is 18.2. The number of hydrogen-bond donors (Lipinski definition) is 1. The molecule has 0 aromatic heterocycles. The van der Waals surface area contributed by atoms with E-state index in [1.165, 1.54) is 31.5 Å². The minimum atomic E-state index is 0.00277. The molecule has 4 heteroatoms. The zero-order valence-electron chi connectivity index (χ0n) is 18.2. The molecule has 0 bridgehead atoms. The summed E-state index contributed by atoms with van der Waals surface area (Å²) in [6, 6.07) is 10.6. The average Bonchev–Trinajstić information content (AvgIpc) is 3.01. The Balaban J connectivity index is 1.44. The highest BCUT2D eigenvalue weighted by Crippen LogP contribution is 2.82. The molecule has 1 amide bonds. The van der Waals surface area contributed by atoms with Crippen LogP contribution in [-0.4, -0.2) is 42.6 Å². The van der Waals surface area contributed by atoms with Crippen LogP contribution in [0, 0.1) is 22.7 Å². The molecule has 1 saturated heterocycles. The Labute approximate surface area is 180 Å². The molecule has 1 heterocycles. The van der Waals surface area contributed by atoms with Gasteiger partial charge >= 0.3 is 0 Å². The first-order chi connectivity index (χ1) is 14.6. The number of nitrogens with zero attached hydrogens (tertiary/aromatic N) is 1. The van der Waals surface area contributed by atoms with E-state index >= 15 is 0 Å². The topological polar surface area (TPSA) is 41.6 Å². The highest BCUT2D eigenvalue weighted by atomic mass is 16.5. The van der Waals surface area contributed by atoms with Crippen molar-refractivity contribution in [1.29, 1.82) is 0 Å². The van der Waals surface area contributed by atoms with Crippen LogP contribution in [0.2, 0.25) is 0 Å². The van der Waals surface area contributed by atoms with Gasteiger partial charge in [0.05, 0.1) is 12.7 Å². The molecular weight excluding hydrogens is 372 g/mol.